The maximum atomic E-state index is 13.8. The van der Waals surface area contributed by atoms with Crippen LogP contribution in [-0.2, 0) is 45.1 Å². The van der Waals surface area contributed by atoms with E-state index in [9.17, 15) is 32.0 Å². The lowest BCUT2D eigenvalue weighted by Crippen LogP contribution is -2.67. The number of ketones is 1. The number of carbonyl (C=O) groups excluding carboxylic acids is 4. The van der Waals surface area contributed by atoms with Crippen LogP contribution in [0.2, 0.25) is 0 Å². The summed E-state index contributed by atoms with van der Waals surface area (Å²) >= 11 is 0. The number of aromatic nitrogens is 1. The molecule has 12 nitrogen and oxygen atoms in total. The molecule has 0 aliphatic carbocycles. The van der Waals surface area contributed by atoms with E-state index in [4.69, 9.17) is 18.9 Å². The Hall–Kier alpha value is -4.72. The largest absolute Gasteiger partial charge is 0.488 e. The highest BCUT2D eigenvalue weighted by molar-refractivity contribution is 7.92. The number of carbonyl (C=O) groups is 4. The molecule has 0 saturated carbocycles. The van der Waals surface area contributed by atoms with Gasteiger partial charge in [-0.1, -0.05) is 0 Å². The van der Waals surface area contributed by atoms with Crippen molar-refractivity contribution in [3.8, 4) is 22.8 Å². The number of Topliss-reactive ketones (excluding diaryl/α,β-unsaturated/α-hetero) is 1. The van der Waals surface area contributed by atoms with E-state index < -0.39 is 75.7 Å². The average Bonchev–Trinajstić information content (AvgIpc) is 3.34. The molecule has 3 aromatic rings. The van der Waals surface area contributed by atoms with Gasteiger partial charge in [0.15, 0.2) is 21.0 Å². The van der Waals surface area contributed by atoms with Crippen LogP contribution in [0.5, 0.6) is 11.5 Å². The van der Waals surface area contributed by atoms with Crippen molar-refractivity contribution < 1.29 is 50.9 Å². The number of H-pyrrole nitrogens is 1. The zero-order chi connectivity index (χ0) is 33.1. The van der Waals surface area contributed by atoms with Gasteiger partial charge in [-0.25, -0.2) is 17.6 Å². The molecule has 3 aliphatic rings. The van der Waals surface area contributed by atoms with Gasteiger partial charge >= 0.3 is 11.9 Å². The Kier molecular flexibility index (Phi) is 7.66. The fourth-order valence-corrected chi connectivity index (χ4v) is 8.05. The second kappa shape index (κ2) is 11.3. The SMILES string of the molecule is CC(=O)OCC1=C(C(=O)OC(C)(C)C)N2C(=O)C(CC(=O)COc3ccc4c(c3)OCc3c-4[nH]c4ccc(F)cc34)C2S(=O)(=O)C1. The zero-order valence-corrected chi connectivity index (χ0v) is 26.3. The number of nitrogens with zero attached hydrogens (tertiary/aromatic N) is 1. The van der Waals surface area contributed by atoms with E-state index in [2.05, 4.69) is 4.98 Å². The van der Waals surface area contributed by atoms with Crippen molar-refractivity contribution in [1.29, 1.82) is 0 Å². The van der Waals surface area contributed by atoms with Crippen LogP contribution in [0.4, 0.5) is 4.39 Å². The van der Waals surface area contributed by atoms with Crippen molar-refractivity contribution >= 4 is 44.4 Å². The second-order valence-electron chi connectivity index (χ2n) is 12.4. The van der Waals surface area contributed by atoms with Crippen molar-refractivity contribution in [2.45, 2.75) is 51.7 Å². The van der Waals surface area contributed by atoms with Crippen molar-refractivity contribution in [3.63, 3.8) is 0 Å². The molecule has 6 rings (SSSR count). The summed E-state index contributed by atoms with van der Waals surface area (Å²) in [6, 6.07) is 9.48. The second-order valence-corrected chi connectivity index (χ2v) is 14.5. The molecule has 2 aromatic carbocycles. The number of β-lactam (4-membered cyclic amide) rings is 1. The number of amides is 1. The topological polar surface area (TPSA) is 158 Å². The van der Waals surface area contributed by atoms with E-state index in [1.165, 1.54) is 12.1 Å². The number of benzene rings is 2. The normalized spacial score (nSPS) is 19.8. The number of fused-ring (bicyclic) bond motifs is 6. The first-order valence-corrected chi connectivity index (χ1v) is 16.2. The molecule has 0 bridgehead atoms. The van der Waals surface area contributed by atoms with Crippen LogP contribution in [0.25, 0.3) is 22.2 Å². The van der Waals surface area contributed by atoms with Crippen LogP contribution in [0.15, 0.2) is 47.7 Å². The van der Waals surface area contributed by atoms with Crippen molar-refractivity contribution in [2.75, 3.05) is 19.0 Å². The molecule has 1 saturated heterocycles. The third-order valence-electron chi connectivity index (χ3n) is 7.82. The Balaban J connectivity index is 1.15. The summed E-state index contributed by atoms with van der Waals surface area (Å²) in [6.07, 6.45) is -0.434. The van der Waals surface area contributed by atoms with Crippen LogP contribution >= 0.6 is 0 Å². The molecular formula is C32H31FN2O10S. The number of nitrogens with one attached hydrogen (secondary N) is 1. The van der Waals surface area contributed by atoms with Gasteiger partial charge in [-0.3, -0.25) is 19.3 Å². The highest BCUT2D eigenvalue weighted by Crippen LogP contribution is 2.44. The van der Waals surface area contributed by atoms with Gasteiger partial charge in [0.05, 0.1) is 17.4 Å². The molecule has 46 heavy (non-hydrogen) atoms. The maximum Gasteiger partial charge on any atom is 0.355 e. The van der Waals surface area contributed by atoms with Gasteiger partial charge in [0.25, 0.3) is 0 Å². The van der Waals surface area contributed by atoms with E-state index in [0.29, 0.717) is 11.5 Å². The fraction of sp³-hybridized carbons (Fsp3) is 0.375. The van der Waals surface area contributed by atoms with Crippen LogP contribution in [0, 0.1) is 11.7 Å². The van der Waals surface area contributed by atoms with E-state index in [1.807, 2.05) is 0 Å². The van der Waals surface area contributed by atoms with E-state index in [0.717, 1.165) is 39.5 Å². The number of esters is 2. The quantitative estimate of drug-likeness (QED) is 0.281. The van der Waals surface area contributed by atoms with Crippen LogP contribution in [-0.4, -0.2) is 71.9 Å². The minimum atomic E-state index is -4.06. The third-order valence-corrected chi connectivity index (χ3v) is 9.85. The molecule has 1 aromatic heterocycles. The van der Waals surface area contributed by atoms with Gasteiger partial charge in [-0.2, -0.15) is 0 Å². The number of hydrogen-bond acceptors (Lipinski definition) is 10. The van der Waals surface area contributed by atoms with Gasteiger partial charge in [-0.05, 0) is 51.1 Å². The molecular weight excluding hydrogens is 623 g/mol. The molecule has 3 aliphatic heterocycles. The predicted octanol–water partition coefficient (Wildman–Crippen LogP) is 3.58. The van der Waals surface area contributed by atoms with Crippen LogP contribution in [0.3, 0.4) is 0 Å². The van der Waals surface area contributed by atoms with Crippen LogP contribution < -0.4 is 9.47 Å². The minimum absolute atomic E-state index is 0.0801. The summed E-state index contributed by atoms with van der Waals surface area (Å²) in [5.74, 6) is -4.31. The van der Waals surface area contributed by atoms with Gasteiger partial charge in [0.1, 0.15) is 48.4 Å². The monoisotopic (exact) mass is 654 g/mol. The highest BCUT2D eigenvalue weighted by Gasteiger charge is 2.60. The Morgan fingerprint density at radius 2 is 1.89 bits per heavy atom. The lowest BCUT2D eigenvalue weighted by molar-refractivity contribution is -0.161. The summed E-state index contributed by atoms with van der Waals surface area (Å²) in [6.45, 7) is 5.22. The lowest BCUT2D eigenvalue weighted by atomic mass is 9.90. The number of sulfone groups is 1. The smallest absolute Gasteiger partial charge is 0.355 e. The Morgan fingerprint density at radius 3 is 2.61 bits per heavy atom. The van der Waals surface area contributed by atoms with E-state index in [1.54, 1.807) is 45.0 Å². The molecule has 14 heteroatoms. The van der Waals surface area contributed by atoms with Gasteiger partial charge < -0.3 is 23.9 Å². The molecule has 2 atom stereocenters. The summed E-state index contributed by atoms with van der Waals surface area (Å²) in [5.41, 5.74) is 1.80. The molecule has 2 unspecified atom stereocenters. The van der Waals surface area contributed by atoms with Gasteiger partial charge in [0.2, 0.25) is 5.91 Å². The number of hydrogen-bond donors (Lipinski definition) is 1. The molecule has 0 radical (unpaired) electrons. The Labute approximate surface area is 263 Å². The average molecular weight is 655 g/mol. The first-order chi connectivity index (χ1) is 21.6. The number of aromatic amines is 1. The lowest BCUT2D eigenvalue weighted by Gasteiger charge is -2.49. The number of ether oxygens (including phenoxy) is 4. The zero-order valence-electron chi connectivity index (χ0n) is 25.5. The fourth-order valence-electron chi connectivity index (χ4n) is 5.93. The number of rotatable bonds is 8. The molecule has 0 spiro atoms. The summed E-state index contributed by atoms with van der Waals surface area (Å²) < 4.78 is 62.3. The van der Waals surface area contributed by atoms with Gasteiger partial charge in [0, 0.05) is 47.0 Å². The Bertz CT molecular complexity index is 1960. The minimum Gasteiger partial charge on any atom is -0.488 e. The summed E-state index contributed by atoms with van der Waals surface area (Å²) in [4.78, 5) is 54.9. The Morgan fingerprint density at radius 1 is 1.13 bits per heavy atom. The van der Waals surface area contributed by atoms with Gasteiger partial charge in [-0.15, -0.1) is 0 Å². The van der Waals surface area contributed by atoms with Crippen molar-refractivity contribution in [2.24, 2.45) is 5.92 Å². The first-order valence-electron chi connectivity index (χ1n) is 14.5. The molecule has 1 N–H and O–H groups in total. The molecule has 242 valence electrons. The predicted molar refractivity (Wildman–Crippen MR) is 161 cm³/mol. The van der Waals surface area contributed by atoms with E-state index in [-0.39, 0.29) is 23.7 Å². The highest BCUT2D eigenvalue weighted by atomic mass is 32.2. The molecule has 1 amide bonds. The standard InChI is InChI=1S/C32H31FN2O10S/c1-16(36)42-12-17-15-46(40,41)30-23(29(38)35(30)28(17)31(39)45-32(2,3)4)10-19(37)13-43-20-6-7-21-26(11-20)44-14-24-22-9-18(33)5-8-25(22)34-27(21)24/h5-9,11,23,30,34H,10,12-15H2,1-4H3. The van der Waals surface area contributed by atoms with Crippen molar-refractivity contribution in [3.05, 3.63) is 59.0 Å². The summed E-state index contributed by atoms with van der Waals surface area (Å²) in [5, 5.41) is -0.728. The number of halogens is 1. The third kappa shape index (κ3) is 5.72. The van der Waals surface area contributed by atoms with Crippen LogP contribution in [0.1, 0.15) is 39.7 Å². The summed E-state index contributed by atoms with van der Waals surface area (Å²) in [7, 11) is -4.06. The maximum absolute atomic E-state index is 13.8. The first kappa shape index (κ1) is 31.3. The van der Waals surface area contributed by atoms with E-state index >= 15 is 0 Å². The van der Waals surface area contributed by atoms with Crippen molar-refractivity contribution in [1.82, 2.24) is 9.88 Å². The molecule has 1 fully saturated rings. The molecule has 4 heterocycles.